The van der Waals surface area contributed by atoms with E-state index in [1.54, 1.807) is 0 Å². The van der Waals surface area contributed by atoms with Gasteiger partial charge in [-0.3, -0.25) is 14.4 Å². The lowest BCUT2D eigenvalue weighted by atomic mass is 10.0. The van der Waals surface area contributed by atoms with Crippen LogP contribution in [0.3, 0.4) is 0 Å². The molecule has 0 rings (SSSR count). The van der Waals surface area contributed by atoms with E-state index in [0.29, 0.717) is 19.3 Å². The van der Waals surface area contributed by atoms with E-state index >= 15 is 0 Å². The summed E-state index contributed by atoms with van der Waals surface area (Å²) >= 11 is 0. The lowest BCUT2D eigenvalue weighted by Crippen LogP contribution is -2.30. The van der Waals surface area contributed by atoms with Crippen molar-refractivity contribution in [2.24, 2.45) is 0 Å². The zero-order chi connectivity index (χ0) is 50.7. The number of rotatable bonds is 56. The van der Waals surface area contributed by atoms with Crippen LogP contribution >= 0.6 is 0 Å². The lowest BCUT2D eigenvalue weighted by molar-refractivity contribution is -0.167. The third kappa shape index (κ3) is 56.3. The molecule has 1 unspecified atom stereocenters. The largest absolute Gasteiger partial charge is 0.462 e. The summed E-state index contributed by atoms with van der Waals surface area (Å²) in [6, 6.07) is 0. The van der Waals surface area contributed by atoms with Crippen molar-refractivity contribution < 1.29 is 28.6 Å². The smallest absolute Gasteiger partial charge is 0.306 e. The van der Waals surface area contributed by atoms with Crippen LogP contribution in [0.25, 0.3) is 0 Å². The molecule has 0 saturated heterocycles. The summed E-state index contributed by atoms with van der Waals surface area (Å²) < 4.78 is 16.8. The summed E-state index contributed by atoms with van der Waals surface area (Å²) in [4.78, 5) is 38.0. The molecular formula is C64H116O6. The standard InChI is InChI=1S/C64H116O6/c1-4-7-10-13-16-18-20-22-24-26-28-30-32-34-36-38-40-42-44-46-48-51-54-57-63(66)69-60-61(59-68-62(65)56-53-50-15-12-9-6-3)70-64(67)58-55-52-49-47-45-43-41-39-37-35-33-31-29-27-25-23-21-19-17-14-11-8-5-2/h7,10,16,18,22,24,28,30,61H,4-6,8-9,11-15,17,19-21,23,25-27,29,31-60H2,1-3H3/b10-7-,18-16-,24-22-,30-28-. The average Bonchev–Trinajstić information content (AvgIpc) is 3.36. The number of carbonyl (C=O) groups excluding carboxylic acids is 3. The van der Waals surface area contributed by atoms with Gasteiger partial charge in [-0.2, -0.15) is 0 Å². The van der Waals surface area contributed by atoms with Gasteiger partial charge < -0.3 is 14.2 Å². The van der Waals surface area contributed by atoms with Crippen molar-refractivity contribution >= 4 is 17.9 Å². The van der Waals surface area contributed by atoms with Crippen molar-refractivity contribution in [1.82, 2.24) is 0 Å². The van der Waals surface area contributed by atoms with Gasteiger partial charge in [-0.05, 0) is 57.8 Å². The third-order valence-corrected chi connectivity index (χ3v) is 13.6. The van der Waals surface area contributed by atoms with Crippen LogP contribution in [0.15, 0.2) is 48.6 Å². The highest BCUT2D eigenvalue weighted by Crippen LogP contribution is 2.17. The summed E-state index contributed by atoms with van der Waals surface area (Å²) in [6.45, 7) is 6.51. The molecule has 0 aliphatic carbocycles. The van der Waals surface area contributed by atoms with Gasteiger partial charge in [0.1, 0.15) is 13.2 Å². The molecule has 6 nitrogen and oxygen atoms in total. The first-order chi connectivity index (χ1) is 34.5. The highest BCUT2D eigenvalue weighted by Gasteiger charge is 2.19. The highest BCUT2D eigenvalue weighted by molar-refractivity contribution is 5.71. The quantitative estimate of drug-likeness (QED) is 0.0261. The summed E-state index contributed by atoms with van der Waals surface area (Å²) in [5, 5.41) is 0. The van der Waals surface area contributed by atoms with Gasteiger partial charge in [-0.1, -0.05) is 294 Å². The maximum atomic E-state index is 12.8. The van der Waals surface area contributed by atoms with Gasteiger partial charge >= 0.3 is 17.9 Å². The second-order valence-corrected chi connectivity index (χ2v) is 20.6. The van der Waals surface area contributed by atoms with Crippen molar-refractivity contribution in [3.63, 3.8) is 0 Å². The first-order valence-corrected chi connectivity index (χ1v) is 30.6. The number of hydrogen-bond donors (Lipinski definition) is 0. The van der Waals surface area contributed by atoms with E-state index in [2.05, 4.69) is 69.4 Å². The SMILES string of the molecule is CC/C=C\C/C=C\C/C=C\C/C=C\CCCCCCCCCCCCC(=O)OCC(COC(=O)CCCCCCCC)OC(=O)CCCCCCCCCCCCCCCCCCCCCCCCC. The number of unbranched alkanes of at least 4 members (excludes halogenated alkanes) is 37. The van der Waals surface area contributed by atoms with E-state index in [-0.39, 0.29) is 31.1 Å². The molecule has 0 heterocycles. The van der Waals surface area contributed by atoms with Crippen LogP contribution in [0.1, 0.15) is 323 Å². The first kappa shape index (κ1) is 67.4. The minimum absolute atomic E-state index is 0.0711. The van der Waals surface area contributed by atoms with E-state index in [0.717, 1.165) is 83.5 Å². The summed E-state index contributed by atoms with van der Waals surface area (Å²) in [5.41, 5.74) is 0. The molecule has 0 aliphatic heterocycles. The molecule has 70 heavy (non-hydrogen) atoms. The van der Waals surface area contributed by atoms with Crippen molar-refractivity contribution in [2.45, 2.75) is 329 Å². The van der Waals surface area contributed by atoms with Gasteiger partial charge in [0.2, 0.25) is 0 Å². The van der Waals surface area contributed by atoms with Gasteiger partial charge in [0, 0.05) is 19.3 Å². The lowest BCUT2D eigenvalue weighted by Gasteiger charge is -2.18. The summed E-state index contributed by atoms with van der Waals surface area (Å²) in [5.74, 6) is -0.867. The Balaban J connectivity index is 4.08. The molecule has 1 atom stereocenters. The molecule has 0 radical (unpaired) electrons. The van der Waals surface area contributed by atoms with E-state index < -0.39 is 6.10 Å². The van der Waals surface area contributed by atoms with Crippen LogP contribution < -0.4 is 0 Å². The fourth-order valence-corrected chi connectivity index (χ4v) is 9.02. The van der Waals surface area contributed by atoms with E-state index in [1.165, 1.54) is 199 Å². The van der Waals surface area contributed by atoms with Gasteiger partial charge in [0.25, 0.3) is 0 Å². The Morgan fingerprint density at radius 2 is 0.557 bits per heavy atom. The van der Waals surface area contributed by atoms with Crippen LogP contribution in [0.4, 0.5) is 0 Å². The van der Waals surface area contributed by atoms with Crippen LogP contribution in [0, 0.1) is 0 Å². The Bertz CT molecular complexity index is 1220. The number of carbonyl (C=O) groups is 3. The van der Waals surface area contributed by atoms with Crippen molar-refractivity contribution in [1.29, 1.82) is 0 Å². The highest BCUT2D eigenvalue weighted by atomic mass is 16.6. The Morgan fingerprint density at radius 3 is 0.871 bits per heavy atom. The Morgan fingerprint density at radius 1 is 0.300 bits per heavy atom. The fourth-order valence-electron chi connectivity index (χ4n) is 9.02. The monoisotopic (exact) mass is 981 g/mol. The number of allylic oxidation sites excluding steroid dienone is 8. The molecule has 0 aromatic carbocycles. The molecule has 0 aromatic heterocycles. The molecule has 6 heteroatoms. The number of ether oxygens (including phenoxy) is 3. The predicted octanol–water partition coefficient (Wildman–Crippen LogP) is 20.6. The van der Waals surface area contributed by atoms with Gasteiger partial charge in [0.15, 0.2) is 6.10 Å². The van der Waals surface area contributed by atoms with Crippen LogP contribution in [0.5, 0.6) is 0 Å². The van der Waals surface area contributed by atoms with E-state index in [4.69, 9.17) is 14.2 Å². The van der Waals surface area contributed by atoms with Crippen LogP contribution in [-0.2, 0) is 28.6 Å². The second kappa shape index (κ2) is 58.9. The third-order valence-electron chi connectivity index (χ3n) is 13.6. The van der Waals surface area contributed by atoms with Gasteiger partial charge in [0.05, 0.1) is 0 Å². The molecule has 0 amide bonds. The second-order valence-electron chi connectivity index (χ2n) is 20.6. The zero-order valence-electron chi connectivity index (χ0n) is 46.8. The number of esters is 3. The summed E-state index contributed by atoms with van der Waals surface area (Å²) in [7, 11) is 0. The maximum Gasteiger partial charge on any atom is 0.306 e. The van der Waals surface area contributed by atoms with Crippen LogP contribution in [-0.4, -0.2) is 37.2 Å². The maximum absolute atomic E-state index is 12.8. The Hall–Kier alpha value is -2.63. The van der Waals surface area contributed by atoms with Crippen LogP contribution in [0.2, 0.25) is 0 Å². The Labute approximate surface area is 435 Å². The van der Waals surface area contributed by atoms with Crippen molar-refractivity contribution in [3.8, 4) is 0 Å². The van der Waals surface area contributed by atoms with E-state index in [1.807, 2.05) is 0 Å². The normalized spacial score (nSPS) is 12.3. The zero-order valence-corrected chi connectivity index (χ0v) is 46.8. The number of hydrogen-bond acceptors (Lipinski definition) is 6. The van der Waals surface area contributed by atoms with Gasteiger partial charge in [-0.25, -0.2) is 0 Å². The van der Waals surface area contributed by atoms with E-state index in [9.17, 15) is 14.4 Å². The molecule has 0 aliphatic rings. The minimum Gasteiger partial charge on any atom is -0.462 e. The molecular weight excluding hydrogens is 865 g/mol. The molecule has 0 saturated carbocycles. The molecule has 408 valence electrons. The topological polar surface area (TPSA) is 78.9 Å². The predicted molar refractivity (Wildman–Crippen MR) is 302 cm³/mol. The average molecular weight is 982 g/mol. The molecule has 0 N–H and O–H groups in total. The molecule has 0 spiro atoms. The van der Waals surface area contributed by atoms with Crippen molar-refractivity contribution in [3.05, 3.63) is 48.6 Å². The first-order valence-electron chi connectivity index (χ1n) is 30.6. The fraction of sp³-hybridized carbons (Fsp3) is 0.828. The Kier molecular flexibility index (Phi) is 56.7. The molecule has 0 aromatic rings. The van der Waals surface area contributed by atoms with Crippen molar-refractivity contribution in [2.75, 3.05) is 13.2 Å². The molecule has 0 bridgehead atoms. The van der Waals surface area contributed by atoms with Gasteiger partial charge in [-0.15, -0.1) is 0 Å². The minimum atomic E-state index is -0.769. The molecule has 0 fully saturated rings. The summed E-state index contributed by atoms with van der Waals surface area (Å²) in [6.07, 6.45) is 72.9.